The molecule has 206 valence electrons. The summed E-state index contributed by atoms with van der Waals surface area (Å²) in [4.78, 5) is 24.4. The van der Waals surface area contributed by atoms with E-state index in [1.807, 2.05) is 48.5 Å². The predicted octanol–water partition coefficient (Wildman–Crippen LogP) is 5.23. The van der Waals surface area contributed by atoms with Gasteiger partial charge in [-0.3, -0.25) is 0 Å². The lowest BCUT2D eigenvalue weighted by Gasteiger charge is -2.17. The van der Waals surface area contributed by atoms with Crippen LogP contribution in [0.3, 0.4) is 0 Å². The highest BCUT2D eigenvalue weighted by Crippen LogP contribution is 2.44. The summed E-state index contributed by atoms with van der Waals surface area (Å²) in [6, 6.07) is 19.9. The van der Waals surface area contributed by atoms with Crippen LogP contribution in [-0.2, 0) is 30.5 Å². The van der Waals surface area contributed by atoms with E-state index in [9.17, 15) is 23.1 Å². The number of alkyl carbamates (subject to hydrolysis) is 1. The van der Waals surface area contributed by atoms with Crippen molar-refractivity contribution in [2.45, 2.75) is 22.2 Å². The monoisotopic (exact) mass is 613 g/mol. The first-order valence-corrected chi connectivity index (χ1v) is 14.0. The second-order valence-corrected chi connectivity index (χ2v) is 12.3. The lowest BCUT2D eigenvalue weighted by atomic mass is 9.98. The number of carbonyl (C=O) groups is 2. The Bertz CT molecular complexity index is 1410. The fourth-order valence-electron chi connectivity index (χ4n) is 4.18. The van der Waals surface area contributed by atoms with Crippen molar-refractivity contribution in [3.05, 3.63) is 89.5 Å². The van der Waals surface area contributed by atoms with E-state index in [4.69, 9.17) is 43.7 Å². The van der Waals surface area contributed by atoms with Gasteiger partial charge in [0, 0.05) is 12.3 Å². The minimum atomic E-state index is -4.50. The molecule has 0 fully saturated rings. The highest BCUT2D eigenvalue weighted by molar-refractivity contribution is 7.82. The van der Waals surface area contributed by atoms with Gasteiger partial charge < -0.3 is 19.3 Å². The van der Waals surface area contributed by atoms with Gasteiger partial charge in [-0.2, -0.15) is 8.42 Å². The average Bonchev–Trinajstić information content (AvgIpc) is 3.20. The number of benzene rings is 3. The first-order chi connectivity index (χ1) is 18.4. The summed E-state index contributed by atoms with van der Waals surface area (Å²) >= 11 is 16.4. The maximum absolute atomic E-state index is 12.5. The number of fused-ring (bicyclic) bond motifs is 3. The molecule has 1 aliphatic carbocycles. The van der Waals surface area contributed by atoms with Crippen LogP contribution in [0.1, 0.15) is 22.6 Å². The molecule has 0 saturated heterocycles. The standard InChI is InChI=1S/C26H22Cl3NO8S/c27-26(28,29)15-37-39(34,35)38-17-11-9-16(10-12-17)13-23(24(31)32)30-25(33)36-14-22-20-7-3-1-5-18(20)19-6-2-4-8-21(19)22/h1-12,22-23H,13-15H2,(H,30,33)(H,31,32)/t23-/m0/s1. The Morgan fingerprint density at radius 1 is 0.923 bits per heavy atom. The van der Waals surface area contributed by atoms with Crippen molar-refractivity contribution in [3.8, 4) is 16.9 Å². The van der Waals surface area contributed by atoms with E-state index >= 15 is 0 Å². The Kier molecular flexibility index (Phi) is 8.93. The molecule has 3 aromatic rings. The van der Waals surface area contributed by atoms with E-state index in [-0.39, 0.29) is 24.7 Å². The van der Waals surface area contributed by atoms with Crippen molar-refractivity contribution in [3.63, 3.8) is 0 Å². The van der Waals surface area contributed by atoms with Crippen molar-refractivity contribution >= 4 is 57.3 Å². The molecule has 13 heteroatoms. The number of rotatable bonds is 10. The van der Waals surface area contributed by atoms with E-state index in [1.54, 1.807) is 0 Å². The number of carbonyl (C=O) groups excluding carboxylic acids is 1. The molecule has 4 rings (SSSR count). The highest BCUT2D eigenvalue weighted by Gasteiger charge is 2.30. The highest BCUT2D eigenvalue weighted by atomic mass is 35.6. The fraction of sp³-hybridized carbons (Fsp3) is 0.231. The van der Waals surface area contributed by atoms with Gasteiger partial charge in [0.1, 0.15) is 25.0 Å². The molecule has 0 heterocycles. The quantitative estimate of drug-likeness (QED) is 0.297. The maximum atomic E-state index is 12.5. The third-order valence-electron chi connectivity index (χ3n) is 5.86. The zero-order chi connectivity index (χ0) is 28.2. The smallest absolute Gasteiger partial charge is 0.449 e. The van der Waals surface area contributed by atoms with E-state index < -0.39 is 38.9 Å². The van der Waals surface area contributed by atoms with Crippen LogP contribution < -0.4 is 9.50 Å². The molecule has 1 amide bonds. The van der Waals surface area contributed by atoms with E-state index in [0.717, 1.165) is 22.3 Å². The number of hydrogen-bond donors (Lipinski definition) is 2. The number of hydrogen-bond acceptors (Lipinski definition) is 7. The van der Waals surface area contributed by atoms with Crippen LogP contribution in [0.25, 0.3) is 11.1 Å². The van der Waals surface area contributed by atoms with Crippen LogP contribution in [0.15, 0.2) is 72.8 Å². The third kappa shape index (κ3) is 7.77. The van der Waals surface area contributed by atoms with Gasteiger partial charge in [-0.15, -0.1) is 0 Å². The maximum Gasteiger partial charge on any atom is 0.449 e. The second kappa shape index (κ2) is 12.0. The van der Waals surface area contributed by atoms with Gasteiger partial charge in [0.2, 0.25) is 3.79 Å². The van der Waals surface area contributed by atoms with Gasteiger partial charge in [0.15, 0.2) is 0 Å². The molecule has 3 aromatic carbocycles. The van der Waals surface area contributed by atoms with Crippen LogP contribution in [-0.4, -0.2) is 48.6 Å². The third-order valence-corrected chi connectivity index (χ3v) is 6.99. The van der Waals surface area contributed by atoms with Crippen molar-refractivity contribution in [2.75, 3.05) is 13.2 Å². The van der Waals surface area contributed by atoms with Crippen LogP contribution >= 0.6 is 34.8 Å². The molecule has 0 spiro atoms. The van der Waals surface area contributed by atoms with Gasteiger partial charge >= 0.3 is 22.5 Å². The molecular weight excluding hydrogens is 593 g/mol. The van der Waals surface area contributed by atoms with Crippen LogP contribution in [0, 0.1) is 0 Å². The molecule has 0 bridgehead atoms. The van der Waals surface area contributed by atoms with Gasteiger partial charge in [-0.05, 0) is 39.9 Å². The Balaban J connectivity index is 1.34. The number of halogens is 3. The zero-order valence-electron chi connectivity index (χ0n) is 20.1. The molecule has 1 atom stereocenters. The zero-order valence-corrected chi connectivity index (χ0v) is 23.1. The van der Waals surface area contributed by atoms with E-state index in [0.29, 0.717) is 5.56 Å². The van der Waals surface area contributed by atoms with Crippen LogP contribution in [0.2, 0.25) is 0 Å². The summed E-state index contributed by atoms with van der Waals surface area (Å²) in [5.41, 5.74) is 4.69. The number of carboxylic acids is 1. The van der Waals surface area contributed by atoms with Gasteiger partial charge in [0.05, 0.1) is 0 Å². The Labute approximate surface area is 239 Å². The lowest BCUT2D eigenvalue weighted by Crippen LogP contribution is -2.42. The molecular formula is C26H22Cl3NO8S. The largest absolute Gasteiger partial charge is 0.480 e. The molecule has 0 saturated carbocycles. The number of carboxylic acid groups (broad SMARTS) is 1. The Hall–Kier alpha value is -3.02. The van der Waals surface area contributed by atoms with Crippen molar-refractivity contribution < 1.29 is 36.2 Å². The number of amides is 1. The lowest BCUT2D eigenvalue weighted by molar-refractivity contribution is -0.139. The minimum Gasteiger partial charge on any atom is -0.480 e. The summed E-state index contributed by atoms with van der Waals surface area (Å²) in [5, 5.41) is 12.0. The summed E-state index contributed by atoms with van der Waals surface area (Å²) in [6.45, 7) is -0.715. The minimum absolute atomic E-state index is 0.0348. The molecule has 0 unspecified atom stereocenters. The molecule has 0 aliphatic heterocycles. The predicted molar refractivity (Wildman–Crippen MR) is 146 cm³/mol. The van der Waals surface area contributed by atoms with Gasteiger partial charge in [0.25, 0.3) is 0 Å². The second-order valence-electron chi connectivity index (χ2n) is 8.58. The number of aliphatic carboxylic acids is 1. The van der Waals surface area contributed by atoms with Crippen molar-refractivity contribution in [1.82, 2.24) is 5.32 Å². The Morgan fingerprint density at radius 2 is 1.49 bits per heavy atom. The molecule has 2 N–H and O–H groups in total. The van der Waals surface area contributed by atoms with Crippen molar-refractivity contribution in [2.24, 2.45) is 0 Å². The first kappa shape index (κ1) is 29.0. The van der Waals surface area contributed by atoms with Gasteiger partial charge in [-0.25, -0.2) is 13.8 Å². The van der Waals surface area contributed by atoms with Gasteiger partial charge in [-0.1, -0.05) is 95.5 Å². The topological polar surface area (TPSA) is 128 Å². The fourth-order valence-corrected chi connectivity index (χ4v) is 5.25. The van der Waals surface area contributed by atoms with E-state index in [2.05, 4.69) is 9.50 Å². The normalized spacial score (nSPS) is 13.7. The summed E-state index contributed by atoms with van der Waals surface area (Å²) in [6.07, 6.45) is -0.975. The number of nitrogens with one attached hydrogen (secondary N) is 1. The molecule has 39 heavy (non-hydrogen) atoms. The molecule has 0 aromatic heterocycles. The molecule has 1 aliphatic rings. The summed E-state index contributed by atoms with van der Waals surface area (Å²) < 4.78 is 36.4. The summed E-state index contributed by atoms with van der Waals surface area (Å²) in [7, 11) is -4.50. The number of ether oxygens (including phenoxy) is 1. The van der Waals surface area contributed by atoms with Crippen LogP contribution in [0.5, 0.6) is 5.75 Å². The SMILES string of the molecule is O=C(N[C@@H](Cc1ccc(OS(=O)(=O)OCC(Cl)(Cl)Cl)cc1)C(=O)O)OCC1c2ccccc2-c2ccccc21. The molecule has 9 nitrogen and oxygen atoms in total. The molecule has 0 radical (unpaired) electrons. The summed E-state index contributed by atoms with van der Waals surface area (Å²) in [5.74, 6) is -1.56. The van der Waals surface area contributed by atoms with Crippen LogP contribution in [0.4, 0.5) is 4.79 Å². The number of alkyl halides is 3. The first-order valence-electron chi connectivity index (χ1n) is 11.5. The Morgan fingerprint density at radius 3 is 2.03 bits per heavy atom. The average molecular weight is 615 g/mol. The van der Waals surface area contributed by atoms with E-state index in [1.165, 1.54) is 24.3 Å². The van der Waals surface area contributed by atoms with Crippen molar-refractivity contribution in [1.29, 1.82) is 0 Å².